The van der Waals surface area contributed by atoms with Crippen molar-refractivity contribution in [3.05, 3.63) is 0 Å². The molecule has 0 atom stereocenters. The Kier molecular flexibility index (Phi) is 1.60. The van der Waals surface area contributed by atoms with Crippen molar-refractivity contribution < 1.29 is 4.74 Å². The van der Waals surface area contributed by atoms with Gasteiger partial charge in [0.15, 0.2) is 0 Å². The van der Waals surface area contributed by atoms with Gasteiger partial charge >= 0.3 is 0 Å². The maximum absolute atomic E-state index is 7.24. The van der Waals surface area contributed by atoms with E-state index < -0.39 is 0 Å². The van der Waals surface area contributed by atoms with Crippen LogP contribution in [0.3, 0.4) is 0 Å². The molecule has 0 bridgehead atoms. The zero-order valence-corrected chi connectivity index (χ0v) is 5.85. The summed E-state index contributed by atoms with van der Waals surface area (Å²) < 4.78 is 4.94. The number of nitrogens with zero attached hydrogens (tertiary/aromatic N) is 1. The van der Waals surface area contributed by atoms with Crippen molar-refractivity contribution in [2.24, 2.45) is 0 Å². The number of rotatable bonds is 1. The molecule has 0 amide bonds. The monoisotopic (exact) mass is 128 g/mol. The fraction of sp³-hybridized carbons (Fsp3) is 0.833. The van der Waals surface area contributed by atoms with Gasteiger partial charge in [0.05, 0.1) is 6.54 Å². The van der Waals surface area contributed by atoms with Crippen LogP contribution in [0.5, 0.6) is 0 Å². The lowest BCUT2D eigenvalue weighted by Gasteiger charge is -2.18. The Labute approximate surface area is 55.1 Å². The van der Waals surface area contributed by atoms with Crippen molar-refractivity contribution in [1.29, 1.82) is 5.41 Å². The first-order valence-electron chi connectivity index (χ1n) is 3.20. The molecule has 1 aliphatic heterocycles. The van der Waals surface area contributed by atoms with Crippen LogP contribution in [0.2, 0.25) is 0 Å². The third-order valence-electron chi connectivity index (χ3n) is 1.46. The van der Waals surface area contributed by atoms with E-state index in [1.807, 2.05) is 4.90 Å². The highest BCUT2D eigenvalue weighted by Gasteiger charge is 2.20. The molecule has 1 rings (SSSR count). The van der Waals surface area contributed by atoms with Crippen LogP contribution in [0.4, 0.5) is 0 Å². The molecule has 0 radical (unpaired) electrons. The maximum atomic E-state index is 7.24. The van der Waals surface area contributed by atoms with Gasteiger partial charge in [0.25, 0.3) is 6.02 Å². The molecule has 3 heteroatoms. The lowest BCUT2D eigenvalue weighted by Crippen LogP contribution is -2.31. The van der Waals surface area contributed by atoms with Crippen molar-refractivity contribution in [3.8, 4) is 0 Å². The van der Waals surface area contributed by atoms with Crippen molar-refractivity contribution in [1.82, 2.24) is 4.90 Å². The lowest BCUT2D eigenvalue weighted by atomic mass is 10.3. The zero-order valence-electron chi connectivity index (χ0n) is 5.85. The van der Waals surface area contributed by atoms with E-state index in [0.29, 0.717) is 18.7 Å². The second-order valence-corrected chi connectivity index (χ2v) is 2.44. The highest BCUT2D eigenvalue weighted by molar-refractivity contribution is 5.72. The van der Waals surface area contributed by atoms with Gasteiger partial charge in [0, 0.05) is 6.04 Å². The third kappa shape index (κ3) is 1.15. The van der Waals surface area contributed by atoms with Gasteiger partial charge in [-0.15, -0.1) is 0 Å². The number of amidine groups is 1. The summed E-state index contributed by atoms with van der Waals surface area (Å²) >= 11 is 0. The molecule has 0 aliphatic carbocycles. The van der Waals surface area contributed by atoms with E-state index in [1.165, 1.54) is 0 Å². The Morgan fingerprint density at radius 3 is 2.56 bits per heavy atom. The predicted molar refractivity (Wildman–Crippen MR) is 35.5 cm³/mol. The van der Waals surface area contributed by atoms with Gasteiger partial charge in [0.2, 0.25) is 0 Å². The largest absolute Gasteiger partial charge is 0.463 e. The summed E-state index contributed by atoms with van der Waals surface area (Å²) in [5.41, 5.74) is 0. The summed E-state index contributed by atoms with van der Waals surface area (Å²) in [7, 11) is 0. The number of hydrogen-bond acceptors (Lipinski definition) is 2. The van der Waals surface area contributed by atoms with Crippen LogP contribution in [-0.4, -0.2) is 30.1 Å². The summed E-state index contributed by atoms with van der Waals surface area (Å²) in [4.78, 5) is 1.93. The quantitative estimate of drug-likeness (QED) is 0.563. The average molecular weight is 128 g/mol. The first-order valence-corrected chi connectivity index (χ1v) is 3.20. The third-order valence-corrected chi connectivity index (χ3v) is 1.46. The molecule has 1 heterocycles. The second kappa shape index (κ2) is 2.25. The molecule has 0 unspecified atom stereocenters. The highest BCUT2D eigenvalue weighted by Crippen LogP contribution is 2.05. The summed E-state index contributed by atoms with van der Waals surface area (Å²) in [6.07, 6.45) is 0. The normalized spacial score (nSPS) is 19.0. The van der Waals surface area contributed by atoms with Crippen LogP contribution in [0.25, 0.3) is 0 Å². The van der Waals surface area contributed by atoms with Crippen LogP contribution < -0.4 is 0 Å². The van der Waals surface area contributed by atoms with Gasteiger partial charge in [-0.25, -0.2) is 0 Å². The van der Waals surface area contributed by atoms with Crippen LogP contribution in [0.1, 0.15) is 13.8 Å². The van der Waals surface area contributed by atoms with Gasteiger partial charge < -0.3 is 9.64 Å². The fourth-order valence-electron chi connectivity index (χ4n) is 0.918. The van der Waals surface area contributed by atoms with Crippen molar-refractivity contribution in [2.75, 3.05) is 13.2 Å². The molecule has 3 nitrogen and oxygen atoms in total. The first-order chi connectivity index (χ1) is 4.22. The number of hydrogen-bond donors (Lipinski definition) is 1. The molecule has 0 saturated carbocycles. The molecule has 1 fully saturated rings. The van der Waals surface area contributed by atoms with Gasteiger partial charge in [0.1, 0.15) is 6.61 Å². The Bertz CT molecular complexity index is 122. The van der Waals surface area contributed by atoms with Gasteiger partial charge in [-0.3, -0.25) is 5.41 Å². The van der Waals surface area contributed by atoms with E-state index in [9.17, 15) is 0 Å². The smallest absolute Gasteiger partial charge is 0.284 e. The highest BCUT2D eigenvalue weighted by atomic mass is 16.5. The molecule has 9 heavy (non-hydrogen) atoms. The maximum Gasteiger partial charge on any atom is 0.284 e. The molecule has 0 aromatic heterocycles. The molecule has 0 aromatic carbocycles. The molecule has 1 N–H and O–H groups in total. The minimum Gasteiger partial charge on any atom is -0.463 e. The van der Waals surface area contributed by atoms with E-state index in [2.05, 4.69) is 13.8 Å². The van der Waals surface area contributed by atoms with E-state index in [0.717, 1.165) is 6.54 Å². The molecule has 1 saturated heterocycles. The molecular formula is C6H12N2O. The minimum absolute atomic E-state index is 0.324. The van der Waals surface area contributed by atoms with Crippen LogP contribution in [0.15, 0.2) is 0 Å². The Hall–Kier alpha value is -0.730. The number of ether oxygens (including phenoxy) is 1. The predicted octanol–water partition coefficient (Wildman–Crippen LogP) is 0.662. The van der Waals surface area contributed by atoms with Gasteiger partial charge in [-0.1, -0.05) is 0 Å². The van der Waals surface area contributed by atoms with Crippen molar-refractivity contribution >= 4 is 6.02 Å². The van der Waals surface area contributed by atoms with E-state index >= 15 is 0 Å². The Balaban J connectivity index is 2.49. The molecule has 0 spiro atoms. The van der Waals surface area contributed by atoms with Gasteiger partial charge in [-0.05, 0) is 13.8 Å². The zero-order chi connectivity index (χ0) is 6.85. The van der Waals surface area contributed by atoms with E-state index in [-0.39, 0.29) is 0 Å². The van der Waals surface area contributed by atoms with Crippen LogP contribution in [-0.2, 0) is 4.74 Å². The number of nitrogens with one attached hydrogen (secondary N) is 1. The van der Waals surface area contributed by atoms with Crippen LogP contribution in [0, 0.1) is 5.41 Å². The molecule has 52 valence electrons. The summed E-state index contributed by atoms with van der Waals surface area (Å²) in [6, 6.07) is 0.727. The van der Waals surface area contributed by atoms with Crippen LogP contribution >= 0.6 is 0 Å². The van der Waals surface area contributed by atoms with Crippen molar-refractivity contribution in [2.45, 2.75) is 19.9 Å². The van der Waals surface area contributed by atoms with Crippen molar-refractivity contribution in [3.63, 3.8) is 0 Å². The van der Waals surface area contributed by atoms with Gasteiger partial charge in [-0.2, -0.15) is 0 Å². The summed E-state index contributed by atoms with van der Waals surface area (Å²) in [5, 5.41) is 7.24. The SMILES string of the molecule is CC(C)N1CCOC1=N. The molecule has 1 aliphatic rings. The molecule has 0 aromatic rings. The molecular weight excluding hydrogens is 116 g/mol. The first kappa shape index (κ1) is 6.39. The fourth-order valence-corrected chi connectivity index (χ4v) is 0.918. The second-order valence-electron chi connectivity index (χ2n) is 2.44. The standard InChI is InChI=1S/C6H12N2O/c1-5(2)8-3-4-9-6(8)7/h5,7H,3-4H2,1-2H3. The minimum atomic E-state index is 0.324. The van der Waals surface area contributed by atoms with E-state index in [1.54, 1.807) is 0 Å². The Morgan fingerprint density at radius 1 is 1.67 bits per heavy atom. The summed E-state index contributed by atoms with van der Waals surface area (Å²) in [5.74, 6) is 0. The summed E-state index contributed by atoms with van der Waals surface area (Å²) in [6.45, 7) is 5.67. The topological polar surface area (TPSA) is 36.3 Å². The lowest BCUT2D eigenvalue weighted by molar-refractivity contribution is 0.345. The average Bonchev–Trinajstić information content (AvgIpc) is 2.13. The van der Waals surface area contributed by atoms with E-state index in [4.69, 9.17) is 10.1 Å². The Morgan fingerprint density at radius 2 is 2.33 bits per heavy atom.